The molecule has 1 saturated heterocycles. The zero-order chi connectivity index (χ0) is 18.7. The Kier molecular flexibility index (Phi) is 6.05. The molecule has 0 saturated carbocycles. The van der Waals surface area contributed by atoms with Gasteiger partial charge in [-0.1, -0.05) is 32.4 Å². The predicted octanol–water partition coefficient (Wildman–Crippen LogP) is 4.75. The summed E-state index contributed by atoms with van der Waals surface area (Å²) in [4.78, 5) is 14.0. The minimum absolute atomic E-state index is 0.00205. The Morgan fingerprint density at radius 3 is 2.88 bits per heavy atom. The van der Waals surface area contributed by atoms with E-state index in [9.17, 15) is 4.79 Å². The van der Waals surface area contributed by atoms with Gasteiger partial charge in [-0.15, -0.1) is 11.3 Å². The highest BCUT2D eigenvalue weighted by atomic mass is 35.5. The fraction of sp³-hybridized carbons (Fsp3) is 0.579. The molecule has 7 heteroatoms. The number of rotatable bonds is 4. The number of hydrogen-bond acceptors (Lipinski definition) is 5. The number of thiophene rings is 1. The van der Waals surface area contributed by atoms with Crippen molar-refractivity contribution in [1.29, 1.82) is 0 Å². The van der Waals surface area contributed by atoms with Crippen LogP contribution in [0.4, 0.5) is 5.82 Å². The molecule has 3 heterocycles. The maximum absolute atomic E-state index is 12.9. The fourth-order valence-electron chi connectivity index (χ4n) is 3.14. The highest BCUT2D eigenvalue weighted by Gasteiger charge is 2.28. The van der Waals surface area contributed by atoms with Crippen LogP contribution >= 0.6 is 22.9 Å². The van der Waals surface area contributed by atoms with Gasteiger partial charge in [0.25, 0.3) is 5.91 Å². The average molecular weight is 395 g/mol. The molecule has 2 N–H and O–H groups in total. The lowest BCUT2D eigenvalue weighted by Gasteiger charge is -2.18. The van der Waals surface area contributed by atoms with Crippen LogP contribution < -0.4 is 10.6 Å². The number of nitrogens with one attached hydrogen (secondary N) is 2. The number of halogens is 1. The number of hydrogen-bond donors (Lipinski definition) is 2. The second kappa shape index (κ2) is 8.11. The number of nitrogens with zero attached hydrogens (tertiary/aromatic N) is 2. The molecule has 0 aromatic carbocycles. The third-order valence-corrected chi connectivity index (χ3v) is 5.86. The Morgan fingerprint density at radius 1 is 1.38 bits per heavy atom. The molecule has 5 nitrogen and oxygen atoms in total. The Morgan fingerprint density at radius 2 is 2.19 bits per heavy atom. The SMILES string of the molecule is CC(C)(C)C(=O)n1nc(C2CCCNCC2)cc1NCc1ccc(Cl)s1. The van der Waals surface area contributed by atoms with E-state index >= 15 is 0 Å². The van der Waals surface area contributed by atoms with E-state index < -0.39 is 5.41 Å². The van der Waals surface area contributed by atoms with Gasteiger partial charge in [0.1, 0.15) is 5.82 Å². The second-order valence-electron chi connectivity index (χ2n) is 7.86. The molecular weight excluding hydrogens is 368 g/mol. The molecule has 0 radical (unpaired) electrons. The highest BCUT2D eigenvalue weighted by Crippen LogP contribution is 2.30. The van der Waals surface area contributed by atoms with Crippen molar-refractivity contribution >= 4 is 34.7 Å². The van der Waals surface area contributed by atoms with Crippen LogP contribution in [-0.4, -0.2) is 28.8 Å². The monoisotopic (exact) mass is 394 g/mol. The standard InChI is InChI=1S/C19H27ClN4OS/c1-19(2,3)18(25)24-17(22-12-14-6-7-16(20)26-14)11-15(23-24)13-5-4-9-21-10-8-13/h6-7,11,13,21-22H,4-5,8-10,12H2,1-3H3. The summed E-state index contributed by atoms with van der Waals surface area (Å²) in [5.41, 5.74) is 0.523. The summed E-state index contributed by atoms with van der Waals surface area (Å²) in [7, 11) is 0. The smallest absolute Gasteiger partial charge is 0.254 e. The van der Waals surface area contributed by atoms with Crippen molar-refractivity contribution in [2.45, 2.75) is 52.5 Å². The molecule has 2 aromatic rings. The van der Waals surface area contributed by atoms with Crippen LogP contribution in [0.3, 0.4) is 0 Å². The molecule has 2 aromatic heterocycles. The third kappa shape index (κ3) is 4.67. The van der Waals surface area contributed by atoms with E-state index in [2.05, 4.69) is 16.7 Å². The molecule has 142 valence electrons. The molecule has 0 bridgehead atoms. The van der Waals surface area contributed by atoms with Gasteiger partial charge in [0.05, 0.1) is 16.6 Å². The van der Waals surface area contributed by atoms with E-state index in [0.717, 1.165) is 53.1 Å². The van der Waals surface area contributed by atoms with Crippen molar-refractivity contribution in [3.8, 4) is 0 Å². The number of carbonyl (C=O) groups is 1. The van der Waals surface area contributed by atoms with Gasteiger partial charge in [0.2, 0.25) is 0 Å². The lowest BCUT2D eigenvalue weighted by atomic mass is 9.96. The highest BCUT2D eigenvalue weighted by molar-refractivity contribution is 7.16. The predicted molar refractivity (Wildman–Crippen MR) is 108 cm³/mol. The molecule has 1 atom stereocenters. The summed E-state index contributed by atoms with van der Waals surface area (Å²) < 4.78 is 2.33. The number of anilines is 1. The minimum atomic E-state index is -0.489. The first-order valence-electron chi connectivity index (χ1n) is 9.18. The van der Waals surface area contributed by atoms with Crippen molar-refractivity contribution in [3.05, 3.63) is 33.1 Å². The normalized spacial score (nSPS) is 18.5. The van der Waals surface area contributed by atoms with Crippen molar-refractivity contribution in [2.24, 2.45) is 5.41 Å². The lowest BCUT2D eigenvalue weighted by molar-refractivity contribution is 0.0751. The zero-order valence-corrected chi connectivity index (χ0v) is 17.2. The Balaban J connectivity index is 1.85. The van der Waals surface area contributed by atoms with E-state index in [-0.39, 0.29) is 5.91 Å². The molecule has 1 aliphatic rings. The van der Waals surface area contributed by atoms with Gasteiger partial charge >= 0.3 is 0 Å². The van der Waals surface area contributed by atoms with Crippen molar-refractivity contribution in [1.82, 2.24) is 15.1 Å². The maximum Gasteiger partial charge on any atom is 0.254 e. The van der Waals surface area contributed by atoms with Gasteiger partial charge in [-0.05, 0) is 44.5 Å². The molecule has 1 fully saturated rings. The molecule has 26 heavy (non-hydrogen) atoms. The van der Waals surface area contributed by atoms with Gasteiger partial charge in [0, 0.05) is 22.3 Å². The summed E-state index contributed by atoms with van der Waals surface area (Å²) in [6, 6.07) is 5.95. The molecule has 3 rings (SSSR count). The largest absolute Gasteiger partial charge is 0.365 e. The van der Waals surface area contributed by atoms with Gasteiger partial charge in [-0.3, -0.25) is 4.79 Å². The van der Waals surface area contributed by atoms with Gasteiger partial charge in [-0.2, -0.15) is 9.78 Å². The third-order valence-electron chi connectivity index (χ3n) is 4.63. The van der Waals surface area contributed by atoms with E-state index in [0.29, 0.717) is 12.5 Å². The Bertz CT molecular complexity index is 754. The first-order valence-corrected chi connectivity index (χ1v) is 10.4. The molecule has 0 aliphatic carbocycles. The Labute approximate surface area is 164 Å². The minimum Gasteiger partial charge on any atom is -0.365 e. The van der Waals surface area contributed by atoms with Crippen LogP contribution in [0.25, 0.3) is 0 Å². The van der Waals surface area contributed by atoms with E-state index in [1.807, 2.05) is 32.9 Å². The summed E-state index contributed by atoms with van der Waals surface area (Å²) in [6.45, 7) is 8.47. The van der Waals surface area contributed by atoms with Crippen molar-refractivity contribution in [2.75, 3.05) is 18.4 Å². The van der Waals surface area contributed by atoms with Crippen LogP contribution in [0.15, 0.2) is 18.2 Å². The zero-order valence-electron chi connectivity index (χ0n) is 15.6. The topological polar surface area (TPSA) is 59.0 Å². The van der Waals surface area contributed by atoms with Gasteiger partial charge in [-0.25, -0.2) is 0 Å². The molecule has 1 unspecified atom stereocenters. The van der Waals surface area contributed by atoms with Crippen LogP contribution in [-0.2, 0) is 6.54 Å². The molecule has 0 spiro atoms. The quantitative estimate of drug-likeness (QED) is 0.785. The number of aromatic nitrogens is 2. The molecule has 1 aliphatic heterocycles. The fourth-order valence-corrected chi connectivity index (χ4v) is 4.16. The van der Waals surface area contributed by atoms with Crippen LogP contribution in [0.5, 0.6) is 0 Å². The van der Waals surface area contributed by atoms with Crippen molar-refractivity contribution < 1.29 is 4.79 Å². The molecule has 0 amide bonds. The lowest BCUT2D eigenvalue weighted by Crippen LogP contribution is -2.29. The average Bonchev–Trinajstić information content (AvgIpc) is 3.08. The first-order chi connectivity index (χ1) is 12.3. The van der Waals surface area contributed by atoms with Crippen LogP contribution in [0.2, 0.25) is 4.34 Å². The van der Waals surface area contributed by atoms with Gasteiger partial charge < -0.3 is 10.6 Å². The Hall–Kier alpha value is -1.37. The summed E-state index contributed by atoms with van der Waals surface area (Å²) in [6.07, 6.45) is 3.30. The molecular formula is C19H27ClN4OS. The second-order valence-corrected chi connectivity index (χ2v) is 9.66. The number of carbonyl (C=O) groups excluding carboxylic acids is 1. The van der Waals surface area contributed by atoms with E-state index in [1.165, 1.54) is 0 Å². The van der Waals surface area contributed by atoms with E-state index in [1.54, 1.807) is 16.0 Å². The summed E-state index contributed by atoms with van der Waals surface area (Å²) in [5, 5.41) is 11.5. The summed E-state index contributed by atoms with van der Waals surface area (Å²) in [5.74, 6) is 1.17. The first kappa shape index (κ1) is 19.4. The van der Waals surface area contributed by atoms with E-state index in [4.69, 9.17) is 16.7 Å². The van der Waals surface area contributed by atoms with Crippen LogP contribution in [0.1, 0.15) is 61.3 Å². The van der Waals surface area contributed by atoms with Gasteiger partial charge in [0.15, 0.2) is 0 Å². The van der Waals surface area contributed by atoms with Crippen molar-refractivity contribution in [3.63, 3.8) is 0 Å². The van der Waals surface area contributed by atoms with Crippen LogP contribution in [0, 0.1) is 5.41 Å². The summed E-state index contributed by atoms with van der Waals surface area (Å²) >= 11 is 7.56. The maximum atomic E-state index is 12.9.